The second-order valence-corrected chi connectivity index (χ2v) is 12.5. The molecule has 0 bridgehead atoms. The molecule has 0 aliphatic heterocycles. The standard InChI is InChI=1S/C39H62O3/c1-3-5-7-9-11-13-15-16-17-19-21-23-25-27-39(41)42-37-31-30-34-32-36(29-28-35(34)33-37)38(40)26-24-22-20-18-14-12-10-8-6-4-2/h28-33H,3-27H2,1-2H3. The molecule has 2 aromatic carbocycles. The molecule has 0 spiro atoms. The molecule has 0 saturated carbocycles. The Morgan fingerprint density at radius 2 is 0.881 bits per heavy atom. The molecule has 236 valence electrons. The first-order chi connectivity index (χ1) is 20.6. The molecule has 0 aliphatic carbocycles. The maximum absolute atomic E-state index is 12.7. The van der Waals surface area contributed by atoms with E-state index < -0.39 is 0 Å². The monoisotopic (exact) mass is 578 g/mol. The Morgan fingerprint density at radius 3 is 1.38 bits per heavy atom. The fourth-order valence-corrected chi connectivity index (χ4v) is 5.85. The van der Waals surface area contributed by atoms with Crippen LogP contribution in [0.3, 0.4) is 0 Å². The van der Waals surface area contributed by atoms with Crippen molar-refractivity contribution in [2.75, 3.05) is 0 Å². The third kappa shape index (κ3) is 17.1. The van der Waals surface area contributed by atoms with Crippen LogP contribution in [0.1, 0.15) is 185 Å². The molecule has 2 aromatic rings. The number of hydrogen-bond acceptors (Lipinski definition) is 3. The first kappa shape index (κ1) is 36.0. The smallest absolute Gasteiger partial charge is 0.311 e. The molecule has 0 fully saturated rings. The van der Waals surface area contributed by atoms with E-state index in [-0.39, 0.29) is 11.8 Å². The van der Waals surface area contributed by atoms with Crippen molar-refractivity contribution in [2.45, 2.75) is 174 Å². The summed E-state index contributed by atoms with van der Waals surface area (Å²) in [7, 11) is 0. The van der Waals surface area contributed by atoms with Crippen LogP contribution in [0.4, 0.5) is 0 Å². The second kappa shape index (κ2) is 24.3. The molecule has 0 amide bonds. The number of esters is 1. The first-order valence-electron chi connectivity index (χ1n) is 17.9. The summed E-state index contributed by atoms with van der Waals surface area (Å²) in [6.45, 7) is 4.53. The van der Waals surface area contributed by atoms with Gasteiger partial charge in [-0.25, -0.2) is 0 Å². The number of unbranched alkanes of at least 4 members (excludes halogenated alkanes) is 21. The third-order valence-corrected chi connectivity index (χ3v) is 8.61. The van der Waals surface area contributed by atoms with Gasteiger partial charge in [0.1, 0.15) is 5.75 Å². The van der Waals surface area contributed by atoms with Crippen LogP contribution in [0.5, 0.6) is 5.75 Å². The quantitative estimate of drug-likeness (QED) is 0.0458. The highest BCUT2D eigenvalue weighted by Gasteiger charge is 2.09. The van der Waals surface area contributed by atoms with Crippen molar-refractivity contribution >= 4 is 22.5 Å². The molecule has 3 heteroatoms. The molecule has 0 unspecified atom stereocenters. The van der Waals surface area contributed by atoms with E-state index in [2.05, 4.69) is 13.8 Å². The van der Waals surface area contributed by atoms with Crippen LogP contribution in [-0.4, -0.2) is 11.8 Å². The first-order valence-corrected chi connectivity index (χ1v) is 17.9. The van der Waals surface area contributed by atoms with Crippen molar-refractivity contribution in [3.05, 3.63) is 42.0 Å². The SMILES string of the molecule is CCCCCCCCCCCCCCCC(=O)Oc1ccc2cc(C(=O)CCCCCCCCCCCC)ccc2c1. The predicted octanol–water partition coefficient (Wildman–Crippen LogP) is 12.7. The summed E-state index contributed by atoms with van der Waals surface area (Å²) in [4.78, 5) is 25.1. The Morgan fingerprint density at radius 1 is 0.476 bits per heavy atom. The largest absolute Gasteiger partial charge is 0.427 e. The van der Waals surface area contributed by atoms with Crippen LogP contribution in [0.2, 0.25) is 0 Å². The zero-order chi connectivity index (χ0) is 30.1. The summed E-state index contributed by atoms with van der Waals surface area (Å²) in [6, 6.07) is 11.6. The molecule has 42 heavy (non-hydrogen) atoms. The summed E-state index contributed by atoms with van der Waals surface area (Å²) in [5.74, 6) is 0.664. The normalized spacial score (nSPS) is 11.3. The lowest BCUT2D eigenvalue weighted by Crippen LogP contribution is -2.07. The lowest BCUT2D eigenvalue weighted by molar-refractivity contribution is -0.134. The number of ketones is 1. The topological polar surface area (TPSA) is 43.4 Å². The highest BCUT2D eigenvalue weighted by Crippen LogP contribution is 2.24. The Balaban J connectivity index is 1.55. The van der Waals surface area contributed by atoms with Gasteiger partial charge in [0.05, 0.1) is 0 Å². The predicted molar refractivity (Wildman–Crippen MR) is 181 cm³/mol. The molecule has 0 heterocycles. The van der Waals surface area contributed by atoms with Crippen LogP contribution in [0.15, 0.2) is 36.4 Å². The second-order valence-electron chi connectivity index (χ2n) is 12.5. The van der Waals surface area contributed by atoms with Gasteiger partial charge in [0.15, 0.2) is 5.78 Å². The number of benzene rings is 2. The lowest BCUT2D eigenvalue weighted by Gasteiger charge is -2.08. The van der Waals surface area contributed by atoms with Gasteiger partial charge >= 0.3 is 5.97 Å². The maximum Gasteiger partial charge on any atom is 0.311 e. The number of carbonyl (C=O) groups excluding carboxylic acids is 2. The van der Waals surface area contributed by atoms with E-state index in [1.807, 2.05) is 36.4 Å². The van der Waals surface area contributed by atoms with Gasteiger partial charge in [-0.2, -0.15) is 0 Å². The molecular formula is C39H62O3. The van der Waals surface area contributed by atoms with E-state index in [4.69, 9.17) is 4.74 Å². The maximum atomic E-state index is 12.7. The minimum absolute atomic E-state index is 0.152. The van der Waals surface area contributed by atoms with Crippen LogP contribution < -0.4 is 4.74 Å². The van der Waals surface area contributed by atoms with Crippen molar-refractivity contribution in [2.24, 2.45) is 0 Å². The third-order valence-electron chi connectivity index (χ3n) is 8.61. The van der Waals surface area contributed by atoms with Crippen LogP contribution in [-0.2, 0) is 4.79 Å². The molecule has 0 saturated heterocycles. The molecule has 0 N–H and O–H groups in total. The van der Waals surface area contributed by atoms with Crippen molar-refractivity contribution in [1.29, 1.82) is 0 Å². The summed E-state index contributed by atoms with van der Waals surface area (Å²) >= 11 is 0. The highest BCUT2D eigenvalue weighted by molar-refractivity contribution is 6.00. The average molecular weight is 579 g/mol. The number of hydrogen-bond donors (Lipinski definition) is 0. The number of ether oxygens (including phenoxy) is 1. The number of carbonyl (C=O) groups is 2. The molecule has 0 aromatic heterocycles. The van der Waals surface area contributed by atoms with Crippen molar-refractivity contribution in [3.8, 4) is 5.75 Å². The van der Waals surface area contributed by atoms with Crippen molar-refractivity contribution in [1.82, 2.24) is 0 Å². The van der Waals surface area contributed by atoms with Crippen LogP contribution >= 0.6 is 0 Å². The minimum atomic E-state index is -0.152. The highest BCUT2D eigenvalue weighted by atomic mass is 16.5. The van der Waals surface area contributed by atoms with E-state index in [0.717, 1.165) is 42.0 Å². The van der Waals surface area contributed by atoms with Gasteiger partial charge in [-0.3, -0.25) is 9.59 Å². The lowest BCUT2D eigenvalue weighted by atomic mass is 10.00. The van der Waals surface area contributed by atoms with Gasteiger partial charge in [0, 0.05) is 18.4 Å². The average Bonchev–Trinajstić information content (AvgIpc) is 3.00. The molecule has 3 nitrogen and oxygen atoms in total. The molecule has 0 atom stereocenters. The summed E-state index contributed by atoms with van der Waals surface area (Å²) < 4.78 is 5.62. The fraction of sp³-hybridized carbons (Fsp3) is 0.692. The van der Waals surface area contributed by atoms with E-state index >= 15 is 0 Å². The fourth-order valence-electron chi connectivity index (χ4n) is 5.85. The van der Waals surface area contributed by atoms with Gasteiger partial charge in [-0.15, -0.1) is 0 Å². The molecule has 0 radical (unpaired) electrons. The van der Waals surface area contributed by atoms with Crippen LogP contribution in [0, 0.1) is 0 Å². The van der Waals surface area contributed by atoms with E-state index in [1.54, 1.807) is 0 Å². The number of Topliss-reactive ketones (excluding diaryl/α,β-unsaturated/α-hetero) is 1. The molecule has 2 rings (SSSR count). The van der Waals surface area contributed by atoms with E-state index in [9.17, 15) is 9.59 Å². The van der Waals surface area contributed by atoms with E-state index in [1.165, 1.54) is 122 Å². The number of fused-ring (bicyclic) bond motifs is 1. The van der Waals surface area contributed by atoms with Gasteiger partial charge < -0.3 is 4.74 Å². The van der Waals surface area contributed by atoms with Crippen molar-refractivity contribution in [3.63, 3.8) is 0 Å². The summed E-state index contributed by atoms with van der Waals surface area (Å²) in [6.07, 6.45) is 30.7. The zero-order valence-corrected chi connectivity index (χ0v) is 27.4. The van der Waals surface area contributed by atoms with Gasteiger partial charge in [-0.05, 0) is 41.8 Å². The minimum Gasteiger partial charge on any atom is -0.427 e. The summed E-state index contributed by atoms with van der Waals surface area (Å²) in [5, 5.41) is 2.01. The van der Waals surface area contributed by atoms with E-state index in [0.29, 0.717) is 18.6 Å². The zero-order valence-electron chi connectivity index (χ0n) is 27.4. The number of rotatable bonds is 27. The van der Waals surface area contributed by atoms with Crippen LogP contribution in [0.25, 0.3) is 10.8 Å². The van der Waals surface area contributed by atoms with Gasteiger partial charge in [-0.1, -0.05) is 167 Å². The Bertz CT molecular complexity index is 979. The van der Waals surface area contributed by atoms with Gasteiger partial charge in [0.2, 0.25) is 0 Å². The molecular weight excluding hydrogens is 516 g/mol. The van der Waals surface area contributed by atoms with Gasteiger partial charge in [0.25, 0.3) is 0 Å². The molecule has 0 aliphatic rings. The van der Waals surface area contributed by atoms with Crippen molar-refractivity contribution < 1.29 is 14.3 Å². The Kier molecular flexibility index (Phi) is 20.8. The Hall–Kier alpha value is -2.16. The Labute approximate surface area is 258 Å². The summed E-state index contributed by atoms with van der Waals surface area (Å²) in [5.41, 5.74) is 0.783.